The summed E-state index contributed by atoms with van der Waals surface area (Å²) in [6.45, 7) is 1.70. The van der Waals surface area contributed by atoms with Crippen LogP contribution in [-0.2, 0) is 11.8 Å². The van der Waals surface area contributed by atoms with Crippen LogP contribution in [-0.4, -0.2) is 22.1 Å². The molecule has 1 aromatic heterocycles. The zero-order valence-corrected chi connectivity index (χ0v) is 15.7. The SMILES string of the molecule is Cc1cc(OCC(=O)NC(c2ccc(F)cc2)c2nccn2C)ccc1Cl. The molecule has 0 saturated heterocycles. The van der Waals surface area contributed by atoms with Crippen LogP contribution in [0, 0.1) is 12.7 Å². The third-order valence-corrected chi connectivity index (χ3v) is 4.55. The van der Waals surface area contributed by atoms with E-state index in [2.05, 4.69) is 10.3 Å². The highest BCUT2D eigenvalue weighted by Gasteiger charge is 2.21. The first-order valence-electron chi connectivity index (χ1n) is 8.35. The van der Waals surface area contributed by atoms with Gasteiger partial charge >= 0.3 is 0 Å². The lowest BCUT2D eigenvalue weighted by Crippen LogP contribution is -2.34. The Hall–Kier alpha value is -2.86. The molecule has 1 unspecified atom stereocenters. The van der Waals surface area contributed by atoms with Gasteiger partial charge in [0, 0.05) is 24.5 Å². The number of rotatable bonds is 6. The molecule has 3 rings (SSSR count). The van der Waals surface area contributed by atoms with Crippen LogP contribution in [0.1, 0.15) is 23.0 Å². The predicted octanol–water partition coefficient (Wildman–Crippen LogP) is 3.81. The maximum atomic E-state index is 13.3. The Morgan fingerprint density at radius 1 is 1.30 bits per heavy atom. The number of aryl methyl sites for hydroxylation is 2. The number of nitrogens with one attached hydrogen (secondary N) is 1. The Labute approximate surface area is 161 Å². The van der Waals surface area contributed by atoms with Crippen molar-refractivity contribution in [2.45, 2.75) is 13.0 Å². The fraction of sp³-hybridized carbons (Fsp3) is 0.200. The van der Waals surface area contributed by atoms with Gasteiger partial charge in [-0.1, -0.05) is 23.7 Å². The minimum atomic E-state index is -0.520. The molecule has 0 aliphatic carbocycles. The van der Waals surface area contributed by atoms with Crippen LogP contribution in [0.15, 0.2) is 54.9 Å². The molecule has 0 fully saturated rings. The largest absolute Gasteiger partial charge is 0.484 e. The van der Waals surface area contributed by atoms with E-state index in [1.807, 2.05) is 14.0 Å². The molecule has 1 atom stereocenters. The normalized spacial score (nSPS) is 11.9. The molecule has 1 amide bonds. The molecule has 0 aliphatic rings. The fourth-order valence-electron chi connectivity index (χ4n) is 2.67. The Bertz CT molecular complexity index is 941. The van der Waals surface area contributed by atoms with Gasteiger partial charge in [0.2, 0.25) is 0 Å². The summed E-state index contributed by atoms with van der Waals surface area (Å²) < 4.78 is 20.6. The van der Waals surface area contributed by atoms with E-state index in [4.69, 9.17) is 16.3 Å². The highest BCUT2D eigenvalue weighted by molar-refractivity contribution is 6.31. The third kappa shape index (κ3) is 4.65. The molecule has 1 N–H and O–H groups in total. The van der Waals surface area contributed by atoms with Crippen LogP contribution >= 0.6 is 11.6 Å². The number of aromatic nitrogens is 2. The van der Waals surface area contributed by atoms with Gasteiger partial charge in [0.05, 0.1) is 0 Å². The van der Waals surface area contributed by atoms with Crippen LogP contribution in [0.2, 0.25) is 5.02 Å². The Balaban J connectivity index is 1.73. The van der Waals surface area contributed by atoms with Gasteiger partial charge in [0.1, 0.15) is 23.4 Å². The summed E-state index contributed by atoms with van der Waals surface area (Å²) in [7, 11) is 1.83. The lowest BCUT2D eigenvalue weighted by atomic mass is 10.1. The molecule has 3 aromatic rings. The molecule has 140 valence electrons. The van der Waals surface area contributed by atoms with Gasteiger partial charge in [-0.05, 0) is 48.4 Å². The molecule has 0 radical (unpaired) electrons. The number of halogens is 2. The Morgan fingerprint density at radius 3 is 2.67 bits per heavy atom. The predicted molar refractivity (Wildman–Crippen MR) is 101 cm³/mol. The highest BCUT2D eigenvalue weighted by Crippen LogP contribution is 2.22. The van der Waals surface area contributed by atoms with E-state index in [1.165, 1.54) is 12.1 Å². The number of hydrogen-bond acceptors (Lipinski definition) is 3. The molecule has 1 heterocycles. The van der Waals surface area contributed by atoms with Crippen LogP contribution in [0.25, 0.3) is 0 Å². The van der Waals surface area contributed by atoms with E-state index < -0.39 is 6.04 Å². The second-order valence-electron chi connectivity index (χ2n) is 6.15. The van der Waals surface area contributed by atoms with Gasteiger partial charge < -0.3 is 14.6 Å². The summed E-state index contributed by atoms with van der Waals surface area (Å²) in [6.07, 6.45) is 3.43. The minimum absolute atomic E-state index is 0.164. The van der Waals surface area contributed by atoms with Gasteiger partial charge in [-0.25, -0.2) is 9.37 Å². The van der Waals surface area contributed by atoms with Gasteiger partial charge in [-0.15, -0.1) is 0 Å². The summed E-state index contributed by atoms with van der Waals surface area (Å²) in [5, 5.41) is 3.53. The molecular weight excluding hydrogens is 369 g/mol. The van der Waals surface area contributed by atoms with Crippen molar-refractivity contribution in [1.29, 1.82) is 0 Å². The molecular formula is C20H19ClFN3O2. The molecule has 27 heavy (non-hydrogen) atoms. The van der Waals surface area contributed by atoms with E-state index >= 15 is 0 Å². The number of imidazole rings is 1. The van der Waals surface area contributed by atoms with Crippen LogP contribution in [0.3, 0.4) is 0 Å². The summed E-state index contributed by atoms with van der Waals surface area (Å²) in [5.74, 6) is 0.532. The first-order valence-corrected chi connectivity index (χ1v) is 8.73. The third-order valence-electron chi connectivity index (χ3n) is 4.12. The first-order chi connectivity index (χ1) is 12.9. The lowest BCUT2D eigenvalue weighted by molar-refractivity contribution is -0.123. The van der Waals surface area contributed by atoms with Crippen molar-refractivity contribution in [3.63, 3.8) is 0 Å². The fourth-order valence-corrected chi connectivity index (χ4v) is 2.78. The highest BCUT2D eigenvalue weighted by atomic mass is 35.5. The topological polar surface area (TPSA) is 56.1 Å². The molecule has 7 heteroatoms. The summed E-state index contributed by atoms with van der Waals surface area (Å²) in [4.78, 5) is 16.8. The van der Waals surface area contributed by atoms with E-state index in [0.29, 0.717) is 16.6 Å². The average Bonchev–Trinajstić information content (AvgIpc) is 3.07. The number of carbonyl (C=O) groups is 1. The zero-order valence-electron chi connectivity index (χ0n) is 14.9. The van der Waals surface area contributed by atoms with E-state index in [1.54, 1.807) is 47.3 Å². The van der Waals surface area contributed by atoms with Crippen LogP contribution < -0.4 is 10.1 Å². The Morgan fingerprint density at radius 2 is 2.04 bits per heavy atom. The van der Waals surface area contributed by atoms with Crippen LogP contribution in [0.5, 0.6) is 5.75 Å². The smallest absolute Gasteiger partial charge is 0.258 e. The average molecular weight is 388 g/mol. The summed E-state index contributed by atoms with van der Waals surface area (Å²) in [5.41, 5.74) is 1.59. The number of ether oxygens (including phenoxy) is 1. The lowest BCUT2D eigenvalue weighted by Gasteiger charge is -2.19. The van der Waals surface area contributed by atoms with Crippen molar-refractivity contribution in [1.82, 2.24) is 14.9 Å². The molecule has 0 saturated carbocycles. The second-order valence-corrected chi connectivity index (χ2v) is 6.56. The van der Waals surface area contributed by atoms with Crippen molar-refractivity contribution in [2.75, 3.05) is 6.61 Å². The van der Waals surface area contributed by atoms with Crippen molar-refractivity contribution < 1.29 is 13.9 Å². The summed E-state index contributed by atoms with van der Waals surface area (Å²) in [6, 6.07) is 10.6. The van der Waals surface area contributed by atoms with E-state index in [-0.39, 0.29) is 18.3 Å². The standard InChI is InChI=1S/C20H19ClFN3O2/c1-13-11-16(7-8-17(13)21)27-12-18(26)24-19(20-23-9-10-25(20)2)14-3-5-15(22)6-4-14/h3-11,19H,12H2,1-2H3,(H,24,26). The number of hydrogen-bond donors (Lipinski definition) is 1. The number of nitrogens with zero attached hydrogens (tertiary/aromatic N) is 2. The number of carbonyl (C=O) groups excluding carboxylic acids is 1. The first kappa shape index (κ1) is 18.9. The minimum Gasteiger partial charge on any atom is -0.484 e. The number of benzene rings is 2. The quantitative estimate of drug-likeness (QED) is 0.699. The molecule has 0 aliphatic heterocycles. The van der Waals surface area contributed by atoms with Gasteiger partial charge in [0.15, 0.2) is 6.61 Å². The second kappa shape index (κ2) is 8.22. The van der Waals surface area contributed by atoms with Crippen molar-refractivity contribution in [3.8, 4) is 5.75 Å². The van der Waals surface area contributed by atoms with Crippen molar-refractivity contribution in [3.05, 3.63) is 82.6 Å². The van der Waals surface area contributed by atoms with Crippen LogP contribution in [0.4, 0.5) is 4.39 Å². The monoisotopic (exact) mass is 387 g/mol. The van der Waals surface area contributed by atoms with Gasteiger partial charge in [-0.3, -0.25) is 4.79 Å². The van der Waals surface area contributed by atoms with Crippen molar-refractivity contribution >= 4 is 17.5 Å². The zero-order chi connectivity index (χ0) is 19.4. The van der Waals surface area contributed by atoms with E-state index in [0.717, 1.165) is 11.1 Å². The molecule has 2 aromatic carbocycles. The summed E-state index contributed by atoms with van der Waals surface area (Å²) >= 11 is 5.99. The maximum absolute atomic E-state index is 13.3. The number of amides is 1. The molecule has 0 spiro atoms. The Kier molecular flexibility index (Phi) is 5.76. The van der Waals surface area contributed by atoms with Crippen molar-refractivity contribution in [2.24, 2.45) is 7.05 Å². The van der Waals surface area contributed by atoms with Gasteiger partial charge in [0.25, 0.3) is 5.91 Å². The van der Waals surface area contributed by atoms with E-state index in [9.17, 15) is 9.18 Å². The molecule has 0 bridgehead atoms. The molecule has 5 nitrogen and oxygen atoms in total. The maximum Gasteiger partial charge on any atom is 0.258 e. The van der Waals surface area contributed by atoms with Gasteiger partial charge in [-0.2, -0.15) is 0 Å².